The van der Waals surface area contributed by atoms with Gasteiger partial charge in [0.15, 0.2) is 0 Å². The number of thioether (sulfide) groups is 1. The highest BCUT2D eigenvalue weighted by molar-refractivity contribution is 8.00. The summed E-state index contributed by atoms with van der Waals surface area (Å²) < 4.78 is 0. The molecule has 0 bridgehead atoms. The number of nitrogens with zero attached hydrogens (tertiary/aromatic N) is 2. The zero-order valence-electron chi connectivity index (χ0n) is 14.9. The van der Waals surface area contributed by atoms with Gasteiger partial charge in [0.2, 0.25) is 5.91 Å². The number of hydrogen-bond acceptors (Lipinski definition) is 5. The molecule has 1 amide bonds. The van der Waals surface area contributed by atoms with Crippen LogP contribution in [0.4, 0.5) is 0 Å². The van der Waals surface area contributed by atoms with Gasteiger partial charge in [0.1, 0.15) is 16.2 Å². The molecule has 3 atom stereocenters. The molecular formula is C19H25N3OS2. The van der Waals surface area contributed by atoms with Gasteiger partial charge in [-0.25, -0.2) is 9.97 Å². The van der Waals surface area contributed by atoms with Crippen molar-refractivity contribution >= 4 is 39.2 Å². The van der Waals surface area contributed by atoms with Crippen LogP contribution in [0.15, 0.2) is 11.4 Å². The standard InChI is InChI=1S/C19H25N3OS2/c1-11-5-3-7-14(12(11)2)22-16(23)9-24-18-17-13-6-4-8-15(13)25-19(17)21-10-20-18/h10-12,14H,3-9H2,1-2H3,(H,22,23)/t11-,12+,14-/m0/s1. The summed E-state index contributed by atoms with van der Waals surface area (Å²) in [6.45, 7) is 4.57. The lowest BCUT2D eigenvalue weighted by Gasteiger charge is -2.34. The summed E-state index contributed by atoms with van der Waals surface area (Å²) in [6.07, 6.45) is 8.77. The summed E-state index contributed by atoms with van der Waals surface area (Å²) >= 11 is 3.36. The van der Waals surface area contributed by atoms with Crippen molar-refractivity contribution in [3.63, 3.8) is 0 Å². The van der Waals surface area contributed by atoms with Gasteiger partial charge in [-0.1, -0.05) is 38.5 Å². The second kappa shape index (κ2) is 7.23. The third-order valence-electron chi connectivity index (χ3n) is 5.86. The smallest absolute Gasteiger partial charge is 0.230 e. The van der Waals surface area contributed by atoms with Gasteiger partial charge in [-0.2, -0.15) is 0 Å². The first-order valence-electron chi connectivity index (χ1n) is 9.31. The van der Waals surface area contributed by atoms with E-state index < -0.39 is 0 Å². The minimum atomic E-state index is 0.134. The number of carbonyl (C=O) groups excluding carboxylic acids is 1. The molecule has 0 radical (unpaired) electrons. The lowest BCUT2D eigenvalue weighted by Crippen LogP contribution is -2.44. The predicted molar refractivity (Wildman–Crippen MR) is 104 cm³/mol. The summed E-state index contributed by atoms with van der Waals surface area (Å²) in [5.74, 6) is 1.83. The first-order chi connectivity index (χ1) is 12.1. The van der Waals surface area contributed by atoms with E-state index in [2.05, 4.69) is 29.1 Å². The quantitative estimate of drug-likeness (QED) is 0.642. The lowest BCUT2D eigenvalue weighted by molar-refractivity contribution is -0.119. The number of nitrogens with one attached hydrogen (secondary N) is 1. The van der Waals surface area contributed by atoms with E-state index in [4.69, 9.17) is 0 Å². The number of carbonyl (C=O) groups is 1. The van der Waals surface area contributed by atoms with Crippen LogP contribution in [0.25, 0.3) is 10.2 Å². The van der Waals surface area contributed by atoms with E-state index >= 15 is 0 Å². The summed E-state index contributed by atoms with van der Waals surface area (Å²) in [7, 11) is 0. The average Bonchev–Trinajstić information content (AvgIpc) is 3.18. The molecule has 2 heterocycles. The summed E-state index contributed by atoms with van der Waals surface area (Å²) in [4.78, 5) is 23.9. The van der Waals surface area contributed by atoms with Crippen molar-refractivity contribution in [3.05, 3.63) is 16.8 Å². The van der Waals surface area contributed by atoms with Gasteiger partial charge in [-0.3, -0.25) is 4.79 Å². The molecule has 1 N–H and O–H groups in total. The molecule has 0 aromatic carbocycles. The molecule has 0 saturated heterocycles. The molecule has 6 heteroatoms. The highest BCUT2D eigenvalue weighted by atomic mass is 32.2. The SMILES string of the molecule is C[C@H]1[C@@H](NC(=O)CSc2ncnc3sc4c(c23)CCC4)CCC[C@@H]1C. The molecule has 0 spiro atoms. The molecule has 4 rings (SSSR count). The van der Waals surface area contributed by atoms with E-state index in [-0.39, 0.29) is 5.91 Å². The molecule has 0 unspecified atom stereocenters. The van der Waals surface area contributed by atoms with E-state index in [9.17, 15) is 4.79 Å². The Hall–Kier alpha value is -1.14. The van der Waals surface area contributed by atoms with E-state index in [1.54, 1.807) is 29.4 Å². The van der Waals surface area contributed by atoms with Gasteiger partial charge in [0.05, 0.1) is 5.75 Å². The maximum absolute atomic E-state index is 12.5. The third-order valence-corrected chi connectivity index (χ3v) is 8.05. The molecular weight excluding hydrogens is 350 g/mol. The summed E-state index contributed by atoms with van der Waals surface area (Å²) in [5.41, 5.74) is 1.43. The zero-order valence-corrected chi connectivity index (χ0v) is 16.5. The van der Waals surface area contributed by atoms with Crippen LogP contribution in [0.3, 0.4) is 0 Å². The van der Waals surface area contributed by atoms with Gasteiger partial charge >= 0.3 is 0 Å². The Bertz CT molecular complexity index is 788. The van der Waals surface area contributed by atoms with Gasteiger partial charge in [0, 0.05) is 16.3 Å². The van der Waals surface area contributed by atoms with Crippen LogP contribution >= 0.6 is 23.1 Å². The Morgan fingerprint density at radius 2 is 2.16 bits per heavy atom. The van der Waals surface area contributed by atoms with E-state index in [0.29, 0.717) is 23.6 Å². The van der Waals surface area contributed by atoms with Gasteiger partial charge < -0.3 is 5.32 Å². The first kappa shape index (κ1) is 17.3. The number of rotatable bonds is 4. The molecule has 4 nitrogen and oxygen atoms in total. The number of aryl methyl sites for hydroxylation is 2. The fourth-order valence-corrected chi connectivity index (χ4v) is 6.31. The van der Waals surface area contributed by atoms with E-state index in [1.807, 2.05) is 0 Å². The van der Waals surface area contributed by atoms with Crippen molar-refractivity contribution in [1.82, 2.24) is 15.3 Å². The molecule has 134 valence electrons. The zero-order chi connectivity index (χ0) is 17.4. The average molecular weight is 376 g/mol. The third kappa shape index (κ3) is 3.43. The summed E-state index contributed by atoms with van der Waals surface area (Å²) in [6, 6.07) is 0.327. The molecule has 1 fully saturated rings. The highest BCUT2D eigenvalue weighted by Gasteiger charge is 2.28. The second-order valence-electron chi connectivity index (χ2n) is 7.45. The van der Waals surface area contributed by atoms with Gasteiger partial charge in [-0.15, -0.1) is 11.3 Å². The van der Waals surface area contributed by atoms with Crippen LogP contribution in [0.1, 0.15) is 50.0 Å². The van der Waals surface area contributed by atoms with Crippen LogP contribution in [-0.2, 0) is 17.6 Å². The molecule has 25 heavy (non-hydrogen) atoms. The fourth-order valence-electron chi connectivity index (χ4n) is 4.18. The molecule has 0 aliphatic heterocycles. The normalized spacial score (nSPS) is 25.9. The van der Waals surface area contributed by atoms with Crippen molar-refractivity contribution in [1.29, 1.82) is 0 Å². The molecule has 2 aliphatic rings. The maximum Gasteiger partial charge on any atom is 0.230 e. The van der Waals surface area contributed by atoms with Crippen LogP contribution in [0, 0.1) is 11.8 Å². The van der Waals surface area contributed by atoms with Crippen LogP contribution in [0.5, 0.6) is 0 Å². The Kier molecular flexibility index (Phi) is 5.00. The molecule has 1 saturated carbocycles. The Morgan fingerprint density at radius 3 is 3.04 bits per heavy atom. The maximum atomic E-state index is 12.5. The van der Waals surface area contributed by atoms with E-state index in [1.165, 1.54) is 41.5 Å². The van der Waals surface area contributed by atoms with Crippen LogP contribution in [0.2, 0.25) is 0 Å². The predicted octanol–water partition coefficient (Wildman–Crippen LogP) is 4.21. The Morgan fingerprint density at radius 1 is 1.28 bits per heavy atom. The van der Waals surface area contributed by atoms with Crippen molar-refractivity contribution in [2.24, 2.45) is 11.8 Å². The number of thiophene rings is 1. The molecule has 2 aromatic rings. The minimum absolute atomic E-state index is 0.134. The highest BCUT2D eigenvalue weighted by Crippen LogP contribution is 2.40. The van der Waals surface area contributed by atoms with Crippen LogP contribution < -0.4 is 5.32 Å². The fraction of sp³-hybridized carbons (Fsp3) is 0.632. The largest absolute Gasteiger partial charge is 0.352 e. The van der Waals surface area contributed by atoms with Crippen molar-refractivity contribution in [2.75, 3.05) is 5.75 Å². The number of fused-ring (bicyclic) bond motifs is 3. The monoisotopic (exact) mass is 375 g/mol. The minimum Gasteiger partial charge on any atom is -0.352 e. The van der Waals surface area contributed by atoms with Crippen molar-refractivity contribution in [2.45, 2.75) is 63.4 Å². The summed E-state index contributed by atoms with van der Waals surface area (Å²) in [5, 5.41) is 5.45. The van der Waals surface area contributed by atoms with E-state index in [0.717, 1.165) is 22.7 Å². The number of amides is 1. The number of hydrogen-bond donors (Lipinski definition) is 1. The lowest BCUT2D eigenvalue weighted by atomic mass is 9.78. The number of aromatic nitrogens is 2. The van der Waals surface area contributed by atoms with Crippen molar-refractivity contribution < 1.29 is 4.79 Å². The van der Waals surface area contributed by atoms with Crippen molar-refractivity contribution in [3.8, 4) is 0 Å². The Labute approximate surface area is 157 Å². The van der Waals surface area contributed by atoms with Gasteiger partial charge in [0.25, 0.3) is 0 Å². The molecule has 2 aromatic heterocycles. The second-order valence-corrected chi connectivity index (χ2v) is 9.49. The topological polar surface area (TPSA) is 54.9 Å². The Balaban J connectivity index is 1.43. The van der Waals surface area contributed by atoms with Gasteiger partial charge in [-0.05, 0) is 43.1 Å². The molecule has 2 aliphatic carbocycles. The first-order valence-corrected chi connectivity index (χ1v) is 11.1. The van der Waals surface area contributed by atoms with Crippen LogP contribution in [-0.4, -0.2) is 27.7 Å².